The summed E-state index contributed by atoms with van der Waals surface area (Å²) in [5, 5.41) is 7.83. The molecule has 2 N–H and O–H groups in total. The van der Waals surface area contributed by atoms with Gasteiger partial charge in [0.15, 0.2) is 0 Å². The van der Waals surface area contributed by atoms with E-state index in [0.29, 0.717) is 0 Å². The van der Waals surface area contributed by atoms with Gasteiger partial charge in [-0.25, -0.2) is 4.98 Å². The molecule has 0 unspecified atom stereocenters. The van der Waals surface area contributed by atoms with Crippen LogP contribution in [0.1, 0.15) is 43.0 Å². The van der Waals surface area contributed by atoms with Crippen LogP contribution in [-0.4, -0.2) is 62.1 Å². The Hall–Kier alpha value is -3.71. The SMILES string of the molecule is C/C=C\C=C(/c1cc(-c2n[nH]c3ccc(-c4cncc(CN(C)C)c4)nc23)[nH]c1C)N1CCCCC1. The third kappa shape index (κ3) is 4.97. The number of nitrogens with zero attached hydrogens (tertiary/aromatic N) is 5. The molecule has 1 aliphatic rings. The van der Waals surface area contributed by atoms with Crippen LogP contribution >= 0.6 is 0 Å². The molecule has 1 aliphatic heterocycles. The number of piperidine rings is 1. The standard InChI is InChI=1S/C29H35N7/c1-5-6-10-27(36-13-8-7-9-14-36)23-16-26(31-20(23)2)29-28-25(33-34-29)12-11-24(32-28)22-15-21(17-30-18-22)19-35(3)4/h5-6,10-12,15-18,31H,7-9,13-14,19H2,1-4H3,(H,33,34)/b6-5-,27-10+. The number of aromatic amines is 2. The molecule has 5 rings (SSSR count). The molecule has 0 saturated carbocycles. The zero-order chi connectivity index (χ0) is 25.1. The van der Waals surface area contributed by atoms with Crippen molar-refractivity contribution in [2.45, 2.75) is 39.7 Å². The number of likely N-dealkylation sites (tertiary alicyclic amines) is 1. The van der Waals surface area contributed by atoms with Gasteiger partial charge in [0.1, 0.15) is 11.2 Å². The minimum absolute atomic E-state index is 0.836. The number of hydrogen-bond donors (Lipinski definition) is 2. The van der Waals surface area contributed by atoms with Crippen molar-refractivity contribution in [1.29, 1.82) is 0 Å². The monoisotopic (exact) mass is 481 g/mol. The number of hydrogen-bond acceptors (Lipinski definition) is 5. The van der Waals surface area contributed by atoms with E-state index in [1.807, 2.05) is 18.5 Å². The first-order valence-corrected chi connectivity index (χ1v) is 12.8. The number of fused-ring (bicyclic) bond motifs is 1. The van der Waals surface area contributed by atoms with E-state index in [9.17, 15) is 0 Å². The molecule has 4 aromatic rings. The number of rotatable bonds is 7. The Balaban J connectivity index is 1.53. The Bertz CT molecular complexity index is 1400. The molecule has 0 atom stereocenters. The van der Waals surface area contributed by atoms with Crippen LogP contribution in [0.2, 0.25) is 0 Å². The summed E-state index contributed by atoms with van der Waals surface area (Å²) in [5.41, 5.74) is 10.3. The van der Waals surface area contributed by atoms with Crippen molar-refractivity contribution in [2.24, 2.45) is 0 Å². The van der Waals surface area contributed by atoms with Crippen molar-refractivity contribution < 1.29 is 0 Å². The number of aromatic nitrogens is 5. The Morgan fingerprint density at radius 3 is 2.72 bits per heavy atom. The summed E-state index contributed by atoms with van der Waals surface area (Å²) in [6.45, 7) is 7.23. The van der Waals surface area contributed by atoms with Gasteiger partial charge in [0.25, 0.3) is 0 Å². The second kappa shape index (κ2) is 10.5. The van der Waals surface area contributed by atoms with E-state index in [2.05, 4.69) is 94.3 Å². The van der Waals surface area contributed by atoms with Gasteiger partial charge in [-0.1, -0.05) is 12.2 Å². The second-order valence-electron chi connectivity index (χ2n) is 9.83. The lowest BCUT2D eigenvalue weighted by molar-refractivity contribution is 0.326. The van der Waals surface area contributed by atoms with E-state index in [0.717, 1.165) is 64.6 Å². The van der Waals surface area contributed by atoms with E-state index < -0.39 is 0 Å². The van der Waals surface area contributed by atoms with Crippen LogP contribution < -0.4 is 0 Å². The zero-order valence-electron chi connectivity index (χ0n) is 21.7. The summed E-state index contributed by atoms with van der Waals surface area (Å²) in [4.78, 5) is 17.7. The van der Waals surface area contributed by atoms with Crippen LogP contribution in [0.25, 0.3) is 39.4 Å². The van der Waals surface area contributed by atoms with Gasteiger partial charge in [-0.05, 0) is 83.1 Å². The minimum Gasteiger partial charge on any atom is -0.371 e. The van der Waals surface area contributed by atoms with E-state index in [-0.39, 0.29) is 0 Å². The molecule has 4 aromatic heterocycles. The molecule has 7 heteroatoms. The zero-order valence-corrected chi connectivity index (χ0v) is 21.7. The van der Waals surface area contributed by atoms with Gasteiger partial charge in [-0.15, -0.1) is 0 Å². The number of nitrogens with one attached hydrogen (secondary N) is 2. The second-order valence-corrected chi connectivity index (χ2v) is 9.83. The maximum atomic E-state index is 5.02. The topological polar surface area (TPSA) is 76.7 Å². The normalized spacial score (nSPS) is 15.0. The van der Waals surface area contributed by atoms with Crippen LogP contribution in [0, 0.1) is 6.92 Å². The van der Waals surface area contributed by atoms with Crippen LogP contribution in [0.4, 0.5) is 0 Å². The summed E-state index contributed by atoms with van der Waals surface area (Å²) in [5.74, 6) is 0. The summed E-state index contributed by atoms with van der Waals surface area (Å²) >= 11 is 0. The summed E-state index contributed by atoms with van der Waals surface area (Å²) in [7, 11) is 4.12. The lowest BCUT2D eigenvalue weighted by Crippen LogP contribution is -2.28. The molecule has 0 radical (unpaired) electrons. The predicted octanol–water partition coefficient (Wildman–Crippen LogP) is 5.79. The molecular formula is C29H35N7. The fraction of sp³-hybridized carbons (Fsp3) is 0.345. The highest BCUT2D eigenvalue weighted by Gasteiger charge is 2.20. The van der Waals surface area contributed by atoms with Crippen molar-refractivity contribution in [3.63, 3.8) is 0 Å². The average Bonchev–Trinajstić information content (AvgIpc) is 3.47. The predicted molar refractivity (Wildman–Crippen MR) is 147 cm³/mol. The van der Waals surface area contributed by atoms with E-state index in [1.54, 1.807) is 0 Å². The van der Waals surface area contributed by atoms with Crippen LogP contribution in [0.15, 0.2) is 54.9 Å². The first-order valence-electron chi connectivity index (χ1n) is 12.8. The smallest absolute Gasteiger partial charge is 0.135 e. The third-order valence-corrected chi connectivity index (χ3v) is 6.69. The van der Waals surface area contributed by atoms with Gasteiger partial charge in [0.05, 0.1) is 16.9 Å². The Labute approximate surface area is 213 Å². The van der Waals surface area contributed by atoms with Crippen LogP contribution in [0.5, 0.6) is 0 Å². The lowest BCUT2D eigenvalue weighted by atomic mass is 10.1. The molecule has 0 amide bonds. The molecule has 36 heavy (non-hydrogen) atoms. The number of aryl methyl sites for hydroxylation is 1. The largest absolute Gasteiger partial charge is 0.371 e. The Morgan fingerprint density at radius 2 is 1.94 bits per heavy atom. The maximum Gasteiger partial charge on any atom is 0.135 e. The molecule has 0 aromatic carbocycles. The average molecular weight is 482 g/mol. The minimum atomic E-state index is 0.836. The van der Waals surface area contributed by atoms with Crippen LogP contribution in [0.3, 0.4) is 0 Å². The van der Waals surface area contributed by atoms with Gasteiger partial charge in [-0.3, -0.25) is 10.1 Å². The fourth-order valence-corrected chi connectivity index (χ4v) is 4.97. The highest BCUT2D eigenvalue weighted by Crippen LogP contribution is 2.33. The van der Waals surface area contributed by atoms with Gasteiger partial charge >= 0.3 is 0 Å². The van der Waals surface area contributed by atoms with Gasteiger partial charge in [0.2, 0.25) is 0 Å². The lowest BCUT2D eigenvalue weighted by Gasteiger charge is -2.31. The summed E-state index contributed by atoms with van der Waals surface area (Å²) in [6, 6.07) is 8.46. The number of H-pyrrole nitrogens is 2. The van der Waals surface area contributed by atoms with Crippen LogP contribution in [-0.2, 0) is 6.54 Å². The number of allylic oxidation sites excluding steroid dienone is 3. The summed E-state index contributed by atoms with van der Waals surface area (Å²) < 4.78 is 0. The van der Waals surface area contributed by atoms with Crippen molar-refractivity contribution in [3.05, 3.63) is 71.7 Å². The van der Waals surface area contributed by atoms with E-state index in [4.69, 9.17) is 4.98 Å². The van der Waals surface area contributed by atoms with Crippen molar-refractivity contribution >= 4 is 16.7 Å². The van der Waals surface area contributed by atoms with E-state index >= 15 is 0 Å². The molecule has 0 spiro atoms. The molecule has 1 fully saturated rings. The summed E-state index contributed by atoms with van der Waals surface area (Å²) in [6.07, 6.45) is 14.0. The van der Waals surface area contributed by atoms with Crippen molar-refractivity contribution in [1.82, 2.24) is 34.9 Å². The molecule has 7 nitrogen and oxygen atoms in total. The van der Waals surface area contributed by atoms with E-state index in [1.165, 1.54) is 30.5 Å². The van der Waals surface area contributed by atoms with Crippen molar-refractivity contribution in [2.75, 3.05) is 27.2 Å². The Morgan fingerprint density at radius 1 is 1.11 bits per heavy atom. The molecule has 5 heterocycles. The quantitative estimate of drug-likeness (QED) is 0.327. The highest BCUT2D eigenvalue weighted by atomic mass is 15.1. The molecule has 1 saturated heterocycles. The molecular weight excluding hydrogens is 446 g/mol. The number of pyridine rings is 2. The molecule has 186 valence electrons. The van der Waals surface area contributed by atoms with Gasteiger partial charge in [-0.2, -0.15) is 5.10 Å². The Kier molecular flexibility index (Phi) is 7.00. The van der Waals surface area contributed by atoms with Gasteiger partial charge in [0, 0.05) is 54.5 Å². The molecule has 0 aliphatic carbocycles. The third-order valence-electron chi connectivity index (χ3n) is 6.69. The van der Waals surface area contributed by atoms with Gasteiger partial charge < -0.3 is 14.8 Å². The fourth-order valence-electron chi connectivity index (χ4n) is 4.97. The first kappa shape index (κ1) is 24.0. The highest BCUT2D eigenvalue weighted by molar-refractivity contribution is 5.91. The van der Waals surface area contributed by atoms with Crippen molar-refractivity contribution in [3.8, 4) is 22.6 Å². The molecule has 0 bridgehead atoms. The first-order chi connectivity index (χ1) is 17.5. The maximum absolute atomic E-state index is 5.02.